The van der Waals surface area contributed by atoms with Gasteiger partial charge in [0.15, 0.2) is 0 Å². The Balaban J connectivity index is 2.46. The molecule has 0 aliphatic rings. The molecule has 0 saturated heterocycles. The zero-order valence-electron chi connectivity index (χ0n) is 11.9. The lowest BCUT2D eigenvalue weighted by Crippen LogP contribution is -2.08. The van der Waals surface area contributed by atoms with Crippen molar-refractivity contribution in [1.82, 2.24) is 4.98 Å². The van der Waals surface area contributed by atoms with E-state index in [9.17, 15) is 0 Å². The standard InChI is InChI=1S/C15H20N2OS/c1-9-5-12(14(18-4)6-10(9)2)13-8-19-15(17-13)11(3)7-16/h5-6,8,11H,7,16H2,1-4H3. The molecule has 0 saturated carbocycles. The zero-order chi connectivity index (χ0) is 14.0. The monoisotopic (exact) mass is 276 g/mol. The highest BCUT2D eigenvalue weighted by Crippen LogP contribution is 2.34. The molecule has 0 bridgehead atoms. The number of aryl methyl sites for hydroxylation is 2. The summed E-state index contributed by atoms with van der Waals surface area (Å²) in [6, 6.07) is 4.20. The molecule has 1 unspecified atom stereocenters. The molecule has 1 atom stereocenters. The normalized spacial score (nSPS) is 12.5. The number of thiazole rings is 1. The second-order valence-corrected chi connectivity index (χ2v) is 5.73. The Morgan fingerprint density at radius 2 is 2.00 bits per heavy atom. The van der Waals surface area contributed by atoms with Crippen molar-refractivity contribution in [2.75, 3.05) is 13.7 Å². The van der Waals surface area contributed by atoms with Crippen LogP contribution < -0.4 is 10.5 Å². The number of hydrogen-bond acceptors (Lipinski definition) is 4. The van der Waals surface area contributed by atoms with Gasteiger partial charge in [0.1, 0.15) is 5.75 Å². The third kappa shape index (κ3) is 2.80. The molecule has 1 heterocycles. The first-order chi connectivity index (χ1) is 9.06. The highest BCUT2D eigenvalue weighted by molar-refractivity contribution is 7.10. The molecular formula is C15H20N2OS. The molecule has 0 spiro atoms. The molecular weight excluding hydrogens is 256 g/mol. The van der Waals surface area contributed by atoms with E-state index >= 15 is 0 Å². The van der Waals surface area contributed by atoms with Gasteiger partial charge in [-0.15, -0.1) is 11.3 Å². The first-order valence-electron chi connectivity index (χ1n) is 6.38. The van der Waals surface area contributed by atoms with Gasteiger partial charge in [-0.1, -0.05) is 6.92 Å². The van der Waals surface area contributed by atoms with Gasteiger partial charge in [0.2, 0.25) is 0 Å². The molecule has 3 nitrogen and oxygen atoms in total. The third-order valence-corrected chi connectivity index (χ3v) is 4.47. The largest absolute Gasteiger partial charge is 0.496 e. The van der Waals surface area contributed by atoms with Crippen molar-refractivity contribution in [3.63, 3.8) is 0 Å². The van der Waals surface area contributed by atoms with Crippen molar-refractivity contribution >= 4 is 11.3 Å². The number of nitrogens with two attached hydrogens (primary N) is 1. The highest BCUT2D eigenvalue weighted by atomic mass is 32.1. The van der Waals surface area contributed by atoms with Gasteiger partial charge in [-0.3, -0.25) is 0 Å². The molecule has 4 heteroatoms. The van der Waals surface area contributed by atoms with Crippen molar-refractivity contribution < 1.29 is 4.74 Å². The summed E-state index contributed by atoms with van der Waals surface area (Å²) in [4.78, 5) is 4.69. The van der Waals surface area contributed by atoms with Crippen molar-refractivity contribution in [1.29, 1.82) is 0 Å². The summed E-state index contributed by atoms with van der Waals surface area (Å²) < 4.78 is 5.47. The summed E-state index contributed by atoms with van der Waals surface area (Å²) >= 11 is 1.66. The van der Waals surface area contributed by atoms with Crippen molar-refractivity contribution in [3.8, 4) is 17.0 Å². The molecule has 1 aromatic heterocycles. The lowest BCUT2D eigenvalue weighted by atomic mass is 10.0. The van der Waals surface area contributed by atoms with Crippen LogP contribution in [-0.2, 0) is 0 Å². The quantitative estimate of drug-likeness (QED) is 0.929. The van der Waals surface area contributed by atoms with Crippen molar-refractivity contribution in [2.45, 2.75) is 26.7 Å². The number of aromatic nitrogens is 1. The Morgan fingerprint density at radius 1 is 1.32 bits per heavy atom. The fourth-order valence-electron chi connectivity index (χ4n) is 1.90. The molecule has 19 heavy (non-hydrogen) atoms. The Kier molecular flexibility index (Phi) is 4.22. The summed E-state index contributed by atoms with van der Waals surface area (Å²) in [5, 5.41) is 3.16. The van der Waals surface area contributed by atoms with Gasteiger partial charge in [0.05, 0.1) is 17.8 Å². The number of rotatable bonds is 4. The summed E-state index contributed by atoms with van der Waals surface area (Å²) in [5.41, 5.74) is 10.2. The molecule has 1 aromatic carbocycles. The molecule has 0 aliphatic carbocycles. The Labute approximate surface area is 118 Å². The molecule has 102 valence electrons. The third-order valence-electron chi connectivity index (χ3n) is 3.39. The predicted octanol–water partition coefficient (Wildman–Crippen LogP) is 3.50. The van der Waals surface area contributed by atoms with E-state index in [-0.39, 0.29) is 0 Å². The van der Waals surface area contributed by atoms with E-state index in [1.165, 1.54) is 11.1 Å². The molecule has 2 N–H and O–H groups in total. The minimum absolute atomic E-state index is 0.302. The van der Waals surface area contributed by atoms with E-state index in [1.54, 1.807) is 18.4 Å². The van der Waals surface area contributed by atoms with Gasteiger partial charge in [0.25, 0.3) is 0 Å². The maximum Gasteiger partial charge on any atom is 0.128 e. The Hall–Kier alpha value is -1.39. The van der Waals surface area contributed by atoms with Crippen LogP contribution in [0.5, 0.6) is 5.75 Å². The number of methoxy groups -OCH3 is 1. The van der Waals surface area contributed by atoms with Crippen LogP contribution in [0.2, 0.25) is 0 Å². The Morgan fingerprint density at radius 3 is 2.63 bits per heavy atom. The lowest BCUT2D eigenvalue weighted by molar-refractivity contribution is 0.416. The highest BCUT2D eigenvalue weighted by Gasteiger charge is 2.14. The second-order valence-electron chi connectivity index (χ2n) is 4.84. The molecule has 2 rings (SSSR count). The average molecular weight is 276 g/mol. The SMILES string of the molecule is COc1cc(C)c(C)cc1-c1csc(C(C)CN)n1. The number of benzene rings is 1. The zero-order valence-corrected chi connectivity index (χ0v) is 12.7. The van der Waals surface area contributed by atoms with Gasteiger partial charge in [-0.2, -0.15) is 0 Å². The molecule has 0 radical (unpaired) electrons. The minimum atomic E-state index is 0.302. The molecule has 0 amide bonds. The minimum Gasteiger partial charge on any atom is -0.496 e. The number of nitrogens with zero attached hydrogens (tertiary/aromatic N) is 1. The summed E-state index contributed by atoms with van der Waals surface area (Å²) in [6.07, 6.45) is 0. The predicted molar refractivity (Wildman–Crippen MR) is 81.0 cm³/mol. The second kappa shape index (κ2) is 5.72. The van der Waals surface area contributed by atoms with Crippen LogP contribution in [0.25, 0.3) is 11.3 Å². The van der Waals surface area contributed by atoms with Gasteiger partial charge in [-0.05, 0) is 37.1 Å². The van der Waals surface area contributed by atoms with Crippen LogP contribution in [-0.4, -0.2) is 18.6 Å². The average Bonchev–Trinajstić information content (AvgIpc) is 2.90. The first-order valence-corrected chi connectivity index (χ1v) is 7.25. The summed E-state index contributed by atoms with van der Waals surface area (Å²) in [6.45, 7) is 6.91. The first kappa shape index (κ1) is 14.0. The van der Waals surface area contributed by atoms with Gasteiger partial charge >= 0.3 is 0 Å². The topological polar surface area (TPSA) is 48.1 Å². The van der Waals surface area contributed by atoms with Crippen molar-refractivity contribution in [2.24, 2.45) is 5.73 Å². The smallest absolute Gasteiger partial charge is 0.128 e. The molecule has 2 aromatic rings. The van der Waals surface area contributed by atoms with E-state index in [1.807, 2.05) is 0 Å². The van der Waals surface area contributed by atoms with E-state index in [0.717, 1.165) is 22.0 Å². The van der Waals surface area contributed by atoms with E-state index < -0.39 is 0 Å². The van der Waals surface area contributed by atoms with Crippen molar-refractivity contribution in [3.05, 3.63) is 33.6 Å². The lowest BCUT2D eigenvalue weighted by Gasteiger charge is -2.10. The van der Waals surface area contributed by atoms with Crippen LogP contribution in [0.3, 0.4) is 0 Å². The molecule has 0 fully saturated rings. The Bertz CT molecular complexity index is 578. The van der Waals surface area contributed by atoms with Gasteiger partial charge < -0.3 is 10.5 Å². The fourth-order valence-corrected chi connectivity index (χ4v) is 2.79. The van der Waals surface area contributed by atoms with E-state index in [4.69, 9.17) is 10.5 Å². The summed E-state index contributed by atoms with van der Waals surface area (Å²) in [7, 11) is 1.70. The van der Waals surface area contributed by atoms with Crippen LogP contribution in [0, 0.1) is 13.8 Å². The fraction of sp³-hybridized carbons (Fsp3) is 0.400. The molecule has 0 aliphatic heterocycles. The van der Waals surface area contributed by atoms with Crippen LogP contribution in [0.15, 0.2) is 17.5 Å². The van der Waals surface area contributed by atoms with E-state index in [2.05, 4.69) is 43.3 Å². The number of ether oxygens (including phenoxy) is 1. The maximum absolute atomic E-state index is 5.69. The number of hydrogen-bond donors (Lipinski definition) is 1. The van der Waals surface area contributed by atoms with Crippen LogP contribution in [0.1, 0.15) is 29.0 Å². The maximum atomic E-state index is 5.69. The van der Waals surface area contributed by atoms with Gasteiger partial charge in [0, 0.05) is 23.4 Å². The van der Waals surface area contributed by atoms with Crippen LogP contribution >= 0.6 is 11.3 Å². The summed E-state index contributed by atoms with van der Waals surface area (Å²) in [5.74, 6) is 1.18. The van der Waals surface area contributed by atoms with Crippen LogP contribution in [0.4, 0.5) is 0 Å². The van der Waals surface area contributed by atoms with Gasteiger partial charge in [-0.25, -0.2) is 4.98 Å². The van der Waals surface area contributed by atoms with E-state index in [0.29, 0.717) is 12.5 Å².